The highest BCUT2D eigenvalue weighted by molar-refractivity contribution is 6.31. The Morgan fingerprint density at radius 1 is 1.29 bits per heavy atom. The van der Waals surface area contributed by atoms with Crippen LogP contribution in [0.3, 0.4) is 0 Å². The smallest absolute Gasteiger partial charge is 0.282 e. The Kier molecular flexibility index (Phi) is 4.99. The summed E-state index contributed by atoms with van der Waals surface area (Å²) >= 11 is 5.84. The summed E-state index contributed by atoms with van der Waals surface area (Å²) in [5.41, 5.74) is -0.722. The number of benzene rings is 1. The summed E-state index contributed by atoms with van der Waals surface area (Å²) in [5.74, 6) is -0.488. The fourth-order valence-electron chi connectivity index (χ4n) is 2.59. The second-order valence-corrected chi connectivity index (χ2v) is 7.43. The third-order valence-electron chi connectivity index (χ3n) is 2.82. The van der Waals surface area contributed by atoms with Crippen LogP contribution in [0.25, 0.3) is 0 Å². The SMILES string of the molecule is CC(C)(C)CC(C)(C)NC(=O)c1cc(Cl)ccc1[N+](=O)[O-]. The molecular weight excluding hydrogens is 292 g/mol. The van der Waals surface area contributed by atoms with E-state index < -0.39 is 16.4 Å². The molecule has 0 bridgehead atoms. The van der Waals surface area contributed by atoms with Crippen LogP contribution in [0.5, 0.6) is 0 Å². The van der Waals surface area contributed by atoms with Crippen LogP contribution in [0.2, 0.25) is 5.02 Å². The summed E-state index contributed by atoms with van der Waals surface area (Å²) in [5, 5.41) is 14.2. The van der Waals surface area contributed by atoms with Crippen molar-refractivity contribution in [2.75, 3.05) is 0 Å². The van der Waals surface area contributed by atoms with Gasteiger partial charge in [0.15, 0.2) is 0 Å². The first kappa shape index (κ1) is 17.4. The first-order valence-corrected chi connectivity index (χ1v) is 7.05. The Labute approximate surface area is 129 Å². The number of rotatable bonds is 4. The lowest BCUT2D eigenvalue weighted by Crippen LogP contribution is -2.45. The molecule has 116 valence electrons. The van der Waals surface area contributed by atoms with E-state index in [0.29, 0.717) is 5.02 Å². The van der Waals surface area contributed by atoms with Crippen LogP contribution in [-0.4, -0.2) is 16.4 Å². The molecule has 1 aromatic rings. The number of halogens is 1. The number of hydrogen-bond acceptors (Lipinski definition) is 3. The molecule has 0 aliphatic rings. The van der Waals surface area contributed by atoms with E-state index in [1.807, 2.05) is 13.8 Å². The minimum absolute atomic E-state index is 0.0190. The van der Waals surface area contributed by atoms with Crippen molar-refractivity contribution in [1.29, 1.82) is 0 Å². The standard InChI is InChI=1S/C15H21ClN2O3/c1-14(2,3)9-15(4,5)17-13(19)11-8-10(16)6-7-12(11)18(20)21/h6-8H,9H2,1-5H3,(H,17,19). The van der Waals surface area contributed by atoms with Gasteiger partial charge in [-0.05, 0) is 37.8 Å². The van der Waals surface area contributed by atoms with Crippen molar-refractivity contribution in [1.82, 2.24) is 5.32 Å². The third-order valence-corrected chi connectivity index (χ3v) is 3.06. The van der Waals surface area contributed by atoms with Gasteiger partial charge in [-0.15, -0.1) is 0 Å². The number of hydrogen-bond donors (Lipinski definition) is 1. The molecule has 1 aromatic carbocycles. The first-order valence-electron chi connectivity index (χ1n) is 6.68. The van der Waals surface area contributed by atoms with E-state index in [1.54, 1.807) is 0 Å². The summed E-state index contributed by atoms with van der Waals surface area (Å²) < 4.78 is 0. The number of nitrogens with zero attached hydrogens (tertiary/aromatic N) is 1. The quantitative estimate of drug-likeness (QED) is 0.669. The van der Waals surface area contributed by atoms with E-state index in [4.69, 9.17) is 11.6 Å². The highest BCUT2D eigenvalue weighted by Gasteiger charge is 2.29. The lowest BCUT2D eigenvalue weighted by molar-refractivity contribution is -0.385. The molecular formula is C15H21ClN2O3. The van der Waals surface area contributed by atoms with Crippen LogP contribution in [-0.2, 0) is 0 Å². The minimum atomic E-state index is -0.581. The second-order valence-electron chi connectivity index (χ2n) is 6.99. The Balaban J connectivity index is 3.04. The molecule has 0 aromatic heterocycles. The monoisotopic (exact) mass is 312 g/mol. The number of carbonyl (C=O) groups is 1. The lowest BCUT2D eigenvalue weighted by atomic mass is 9.81. The highest BCUT2D eigenvalue weighted by atomic mass is 35.5. The third kappa shape index (κ3) is 5.34. The zero-order valence-electron chi connectivity index (χ0n) is 13.0. The second kappa shape index (κ2) is 6.02. The predicted octanol–water partition coefficient (Wildman–Crippen LogP) is 4.19. The molecule has 0 aliphatic carbocycles. The van der Waals surface area contributed by atoms with Gasteiger partial charge < -0.3 is 5.32 Å². The maximum absolute atomic E-state index is 12.3. The summed E-state index contributed by atoms with van der Waals surface area (Å²) in [6.07, 6.45) is 0.736. The van der Waals surface area contributed by atoms with Gasteiger partial charge in [0.05, 0.1) is 4.92 Å². The normalized spacial score (nSPS) is 12.1. The molecule has 0 saturated heterocycles. The van der Waals surface area contributed by atoms with Crippen LogP contribution in [0.15, 0.2) is 18.2 Å². The number of carbonyl (C=O) groups excluding carboxylic acids is 1. The van der Waals surface area contributed by atoms with Crippen LogP contribution >= 0.6 is 11.6 Å². The maximum Gasteiger partial charge on any atom is 0.282 e. The number of nitro benzene ring substituents is 1. The van der Waals surface area contributed by atoms with Crippen molar-refractivity contribution >= 4 is 23.2 Å². The van der Waals surface area contributed by atoms with Crippen molar-refractivity contribution in [3.05, 3.63) is 38.9 Å². The largest absolute Gasteiger partial charge is 0.347 e. The Bertz CT molecular complexity index is 563. The first-order chi connectivity index (χ1) is 9.41. The van der Waals surface area contributed by atoms with Gasteiger partial charge >= 0.3 is 0 Å². The van der Waals surface area contributed by atoms with E-state index in [0.717, 1.165) is 6.42 Å². The van der Waals surface area contributed by atoms with E-state index in [2.05, 4.69) is 26.1 Å². The molecule has 6 heteroatoms. The van der Waals surface area contributed by atoms with Gasteiger partial charge in [-0.2, -0.15) is 0 Å². The van der Waals surface area contributed by atoms with E-state index in [-0.39, 0.29) is 16.7 Å². The summed E-state index contributed by atoms with van der Waals surface area (Å²) in [6, 6.07) is 3.97. The Morgan fingerprint density at radius 3 is 2.33 bits per heavy atom. The van der Waals surface area contributed by atoms with Gasteiger partial charge in [-0.25, -0.2) is 0 Å². The van der Waals surface area contributed by atoms with Gasteiger partial charge in [0.1, 0.15) is 5.56 Å². The molecule has 0 heterocycles. The van der Waals surface area contributed by atoms with Gasteiger partial charge in [-0.3, -0.25) is 14.9 Å². The van der Waals surface area contributed by atoms with Crippen molar-refractivity contribution in [3.8, 4) is 0 Å². The fraction of sp³-hybridized carbons (Fsp3) is 0.533. The molecule has 0 fully saturated rings. The molecule has 0 unspecified atom stereocenters. The van der Waals surface area contributed by atoms with Crippen LogP contribution in [0, 0.1) is 15.5 Å². The zero-order chi connectivity index (χ0) is 16.4. The van der Waals surface area contributed by atoms with Crippen molar-refractivity contribution in [3.63, 3.8) is 0 Å². The Hall–Kier alpha value is -1.62. The van der Waals surface area contributed by atoms with Crippen LogP contribution < -0.4 is 5.32 Å². The average Bonchev–Trinajstić information content (AvgIpc) is 2.23. The van der Waals surface area contributed by atoms with Gasteiger partial charge in [0.2, 0.25) is 0 Å². The summed E-state index contributed by atoms with van der Waals surface area (Å²) in [7, 11) is 0. The summed E-state index contributed by atoms with van der Waals surface area (Å²) in [6.45, 7) is 10.0. The minimum Gasteiger partial charge on any atom is -0.347 e. The molecule has 0 radical (unpaired) electrons. The maximum atomic E-state index is 12.3. The topological polar surface area (TPSA) is 72.2 Å². The van der Waals surface area contributed by atoms with Crippen molar-refractivity contribution < 1.29 is 9.72 Å². The highest BCUT2D eigenvalue weighted by Crippen LogP contribution is 2.28. The van der Waals surface area contributed by atoms with Crippen molar-refractivity contribution in [2.24, 2.45) is 5.41 Å². The van der Waals surface area contributed by atoms with Gasteiger partial charge in [-0.1, -0.05) is 32.4 Å². The molecule has 0 atom stereocenters. The number of nitrogens with one attached hydrogen (secondary N) is 1. The fourth-order valence-corrected chi connectivity index (χ4v) is 2.77. The lowest BCUT2D eigenvalue weighted by Gasteiger charge is -2.33. The van der Waals surface area contributed by atoms with E-state index in [9.17, 15) is 14.9 Å². The molecule has 0 spiro atoms. The van der Waals surface area contributed by atoms with E-state index >= 15 is 0 Å². The molecule has 0 saturated carbocycles. The zero-order valence-corrected chi connectivity index (χ0v) is 13.7. The van der Waals surface area contributed by atoms with Crippen LogP contribution in [0.4, 0.5) is 5.69 Å². The van der Waals surface area contributed by atoms with Crippen LogP contribution in [0.1, 0.15) is 51.4 Å². The predicted molar refractivity (Wildman–Crippen MR) is 83.7 cm³/mol. The van der Waals surface area contributed by atoms with E-state index in [1.165, 1.54) is 18.2 Å². The van der Waals surface area contributed by atoms with Gasteiger partial charge in [0, 0.05) is 16.6 Å². The van der Waals surface area contributed by atoms with Crippen molar-refractivity contribution in [2.45, 2.75) is 46.6 Å². The molecule has 1 rings (SSSR count). The molecule has 0 aliphatic heterocycles. The Morgan fingerprint density at radius 2 is 1.86 bits per heavy atom. The average molecular weight is 313 g/mol. The molecule has 21 heavy (non-hydrogen) atoms. The molecule has 1 N–H and O–H groups in total. The molecule has 1 amide bonds. The van der Waals surface area contributed by atoms with Gasteiger partial charge in [0.25, 0.3) is 11.6 Å². The molecule has 5 nitrogen and oxygen atoms in total. The number of nitro groups is 1. The summed E-state index contributed by atoms with van der Waals surface area (Å²) in [4.78, 5) is 22.8. The number of amides is 1.